The molecule has 1 aromatic rings. The minimum Gasteiger partial charge on any atom is -0.303 e. The Bertz CT molecular complexity index is 538. The molecule has 0 aliphatic heterocycles. The van der Waals surface area contributed by atoms with E-state index in [-0.39, 0.29) is 11.7 Å². The SMILES string of the molecule is CCS(=O)(=O)[C@@H]1[C@H](C=O)[C@@H]1c1cccc(F)c1. The van der Waals surface area contributed by atoms with Crippen LogP contribution in [-0.2, 0) is 14.6 Å². The van der Waals surface area contributed by atoms with Gasteiger partial charge in [0.2, 0.25) is 0 Å². The number of hydrogen-bond donors (Lipinski definition) is 0. The summed E-state index contributed by atoms with van der Waals surface area (Å²) in [4.78, 5) is 10.9. The summed E-state index contributed by atoms with van der Waals surface area (Å²) in [7, 11) is -3.25. The van der Waals surface area contributed by atoms with Crippen LogP contribution in [0.15, 0.2) is 24.3 Å². The largest absolute Gasteiger partial charge is 0.303 e. The van der Waals surface area contributed by atoms with Crippen molar-refractivity contribution in [2.45, 2.75) is 18.1 Å². The Labute approximate surface area is 99.6 Å². The molecular weight excluding hydrogens is 243 g/mol. The zero-order valence-electron chi connectivity index (χ0n) is 9.34. The van der Waals surface area contributed by atoms with Crippen molar-refractivity contribution < 1.29 is 17.6 Å². The maximum atomic E-state index is 13.1. The van der Waals surface area contributed by atoms with Crippen LogP contribution in [0.5, 0.6) is 0 Å². The van der Waals surface area contributed by atoms with Crippen LogP contribution in [0.2, 0.25) is 0 Å². The lowest BCUT2D eigenvalue weighted by atomic mass is 10.1. The number of carbonyl (C=O) groups is 1. The number of aldehydes is 1. The highest BCUT2D eigenvalue weighted by atomic mass is 32.2. The molecule has 2 rings (SSSR count). The summed E-state index contributed by atoms with van der Waals surface area (Å²) in [6.45, 7) is 1.55. The van der Waals surface area contributed by atoms with E-state index in [1.807, 2.05) is 0 Å². The molecule has 3 nitrogen and oxygen atoms in total. The van der Waals surface area contributed by atoms with Crippen molar-refractivity contribution in [3.05, 3.63) is 35.6 Å². The second-order valence-corrected chi connectivity index (χ2v) is 6.66. The molecule has 0 spiro atoms. The van der Waals surface area contributed by atoms with Gasteiger partial charge in [-0.2, -0.15) is 0 Å². The van der Waals surface area contributed by atoms with Gasteiger partial charge >= 0.3 is 0 Å². The average molecular weight is 256 g/mol. The molecule has 5 heteroatoms. The van der Waals surface area contributed by atoms with E-state index in [9.17, 15) is 17.6 Å². The second-order valence-electron chi connectivity index (χ2n) is 4.21. The first-order valence-electron chi connectivity index (χ1n) is 5.43. The van der Waals surface area contributed by atoms with Crippen LogP contribution in [0.25, 0.3) is 0 Å². The number of sulfone groups is 1. The van der Waals surface area contributed by atoms with E-state index < -0.39 is 26.8 Å². The fourth-order valence-electron chi connectivity index (χ4n) is 2.25. The van der Waals surface area contributed by atoms with E-state index in [1.54, 1.807) is 13.0 Å². The Morgan fingerprint density at radius 3 is 2.65 bits per heavy atom. The minimum atomic E-state index is -3.25. The van der Waals surface area contributed by atoms with E-state index in [0.29, 0.717) is 11.8 Å². The van der Waals surface area contributed by atoms with Gasteiger partial charge in [0.15, 0.2) is 9.84 Å². The fraction of sp³-hybridized carbons (Fsp3) is 0.417. The number of benzene rings is 1. The van der Waals surface area contributed by atoms with Gasteiger partial charge in [0.1, 0.15) is 12.1 Å². The van der Waals surface area contributed by atoms with Crippen molar-refractivity contribution in [1.82, 2.24) is 0 Å². The third-order valence-corrected chi connectivity index (χ3v) is 5.46. The summed E-state index contributed by atoms with van der Waals surface area (Å²) >= 11 is 0. The highest BCUT2D eigenvalue weighted by Gasteiger charge is 2.57. The van der Waals surface area contributed by atoms with Crippen LogP contribution in [0.3, 0.4) is 0 Å². The Morgan fingerprint density at radius 1 is 1.41 bits per heavy atom. The third kappa shape index (κ3) is 2.11. The first kappa shape index (κ1) is 12.2. The van der Waals surface area contributed by atoms with Crippen molar-refractivity contribution in [1.29, 1.82) is 0 Å². The minimum absolute atomic E-state index is 0.00776. The Kier molecular flexibility index (Phi) is 3.03. The van der Waals surface area contributed by atoms with Crippen LogP contribution in [-0.4, -0.2) is 25.7 Å². The van der Waals surface area contributed by atoms with Gasteiger partial charge in [0.25, 0.3) is 0 Å². The molecule has 0 saturated heterocycles. The molecule has 1 aromatic carbocycles. The van der Waals surface area contributed by atoms with Gasteiger partial charge in [0, 0.05) is 17.6 Å². The van der Waals surface area contributed by atoms with Crippen LogP contribution in [0, 0.1) is 11.7 Å². The Morgan fingerprint density at radius 2 is 2.12 bits per heavy atom. The number of rotatable bonds is 4. The lowest BCUT2D eigenvalue weighted by molar-refractivity contribution is -0.108. The topological polar surface area (TPSA) is 51.2 Å². The van der Waals surface area contributed by atoms with Crippen LogP contribution < -0.4 is 0 Å². The molecule has 0 N–H and O–H groups in total. The van der Waals surface area contributed by atoms with Crippen molar-refractivity contribution >= 4 is 16.1 Å². The molecule has 92 valence electrons. The highest BCUT2D eigenvalue weighted by molar-refractivity contribution is 7.92. The Hall–Kier alpha value is -1.23. The number of halogens is 1. The van der Waals surface area contributed by atoms with Gasteiger partial charge in [-0.1, -0.05) is 19.1 Å². The van der Waals surface area contributed by atoms with Crippen LogP contribution in [0.1, 0.15) is 18.4 Å². The normalized spacial score (nSPS) is 27.8. The van der Waals surface area contributed by atoms with Crippen molar-refractivity contribution in [3.63, 3.8) is 0 Å². The lowest BCUT2D eigenvalue weighted by Gasteiger charge is -2.00. The monoisotopic (exact) mass is 256 g/mol. The lowest BCUT2D eigenvalue weighted by Crippen LogP contribution is -2.12. The zero-order chi connectivity index (χ0) is 12.6. The zero-order valence-corrected chi connectivity index (χ0v) is 10.2. The van der Waals surface area contributed by atoms with E-state index in [0.717, 1.165) is 0 Å². The molecule has 17 heavy (non-hydrogen) atoms. The van der Waals surface area contributed by atoms with Gasteiger partial charge in [-0.05, 0) is 17.7 Å². The molecule has 0 heterocycles. The van der Waals surface area contributed by atoms with Crippen molar-refractivity contribution in [3.8, 4) is 0 Å². The molecule has 0 unspecified atom stereocenters. The summed E-state index contributed by atoms with van der Waals surface area (Å²) in [6.07, 6.45) is 0.660. The Balaban J connectivity index is 2.33. The molecule has 1 aliphatic carbocycles. The van der Waals surface area contributed by atoms with E-state index in [4.69, 9.17) is 0 Å². The standard InChI is InChI=1S/C12H13FO3S/c1-2-17(15,16)12-10(7-14)11(12)8-4-3-5-9(13)6-8/h3-7,10-12H,2H2,1H3/t10-,11+,12-/m1/s1. The number of hydrogen-bond acceptors (Lipinski definition) is 3. The molecule has 0 amide bonds. The molecule has 0 aromatic heterocycles. The first-order valence-corrected chi connectivity index (χ1v) is 7.15. The molecule has 0 radical (unpaired) electrons. The molecular formula is C12H13FO3S. The molecule has 3 atom stereocenters. The van der Waals surface area contributed by atoms with Crippen molar-refractivity contribution in [2.75, 3.05) is 5.75 Å². The smallest absolute Gasteiger partial charge is 0.154 e. The van der Waals surface area contributed by atoms with E-state index in [2.05, 4.69) is 0 Å². The maximum Gasteiger partial charge on any atom is 0.154 e. The average Bonchev–Trinajstić information content (AvgIpc) is 3.04. The van der Waals surface area contributed by atoms with Crippen LogP contribution in [0.4, 0.5) is 4.39 Å². The molecule has 1 saturated carbocycles. The van der Waals surface area contributed by atoms with E-state index in [1.165, 1.54) is 18.2 Å². The summed E-state index contributed by atoms with van der Waals surface area (Å²) in [5.74, 6) is -1.31. The van der Waals surface area contributed by atoms with E-state index >= 15 is 0 Å². The quantitative estimate of drug-likeness (QED) is 0.768. The van der Waals surface area contributed by atoms with Crippen LogP contribution >= 0.6 is 0 Å². The molecule has 0 bridgehead atoms. The number of carbonyl (C=O) groups excluding carboxylic acids is 1. The highest BCUT2D eigenvalue weighted by Crippen LogP contribution is 2.51. The predicted molar refractivity (Wildman–Crippen MR) is 61.9 cm³/mol. The summed E-state index contributed by atoms with van der Waals surface area (Å²) in [6, 6.07) is 5.79. The molecule has 1 fully saturated rings. The molecule has 1 aliphatic rings. The second kappa shape index (κ2) is 4.22. The fourth-order valence-corrected chi connectivity index (χ4v) is 4.04. The summed E-state index contributed by atoms with van der Waals surface area (Å²) < 4.78 is 36.5. The van der Waals surface area contributed by atoms with Gasteiger partial charge in [-0.25, -0.2) is 12.8 Å². The maximum absolute atomic E-state index is 13.1. The third-order valence-electron chi connectivity index (χ3n) is 3.21. The summed E-state index contributed by atoms with van der Waals surface area (Å²) in [5.41, 5.74) is 0.587. The summed E-state index contributed by atoms with van der Waals surface area (Å²) in [5, 5.41) is -0.674. The van der Waals surface area contributed by atoms with Gasteiger partial charge in [-0.3, -0.25) is 0 Å². The predicted octanol–water partition coefficient (Wildman–Crippen LogP) is 1.54. The van der Waals surface area contributed by atoms with Gasteiger partial charge < -0.3 is 4.79 Å². The van der Waals surface area contributed by atoms with Crippen molar-refractivity contribution in [2.24, 2.45) is 5.92 Å². The first-order chi connectivity index (χ1) is 8.01. The van der Waals surface area contributed by atoms with Gasteiger partial charge in [-0.15, -0.1) is 0 Å². The van der Waals surface area contributed by atoms with Gasteiger partial charge in [0.05, 0.1) is 5.25 Å².